The van der Waals surface area contributed by atoms with Gasteiger partial charge in [-0.1, -0.05) is 17.7 Å². The molecule has 1 aromatic rings. The molecule has 22 heavy (non-hydrogen) atoms. The minimum atomic E-state index is -2.77. The molecule has 1 aliphatic heterocycles. The van der Waals surface area contributed by atoms with Crippen molar-refractivity contribution in [3.8, 4) is 0 Å². The summed E-state index contributed by atoms with van der Waals surface area (Å²) in [5, 5.41) is 4.71. The Labute approximate surface area is 131 Å². The van der Waals surface area contributed by atoms with E-state index in [4.69, 9.17) is 11.6 Å². The summed E-state index contributed by atoms with van der Waals surface area (Å²) < 4.78 is 26.7. The number of hydrogen-bond donors (Lipinski definition) is 0. The summed E-state index contributed by atoms with van der Waals surface area (Å²) in [4.78, 5) is 16.8. The Morgan fingerprint density at radius 1 is 1.45 bits per heavy atom. The van der Waals surface area contributed by atoms with Gasteiger partial charge in [-0.25, -0.2) is 18.4 Å². The normalized spacial score (nSPS) is 18.7. The van der Waals surface area contributed by atoms with Crippen molar-refractivity contribution in [2.24, 2.45) is 0 Å². The van der Waals surface area contributed by atoms with Crippen LogP contribution in [0.2, 0.25) is 0 Å². The molecule has 0 N–H and O–H groups in total. The molecule has 5 nitrogen and oxygen atoms in total. The van der Waals surface area contributed by atoms with Crippen molar-refractivity contribution in [3.05, 3.63) is 35.4 Å². The number of amides is 1. The summed E-state index contributed by atoms with van der Waals surface area (Å²) in [5.74, 6) is -2.78. The first kappa shape index (κ1) is 16.4. The van der Waals surface area contributed by atoms with E-state index in [2.05, 4.69) is 10.1 Å². The number of rotatable bonds is 4. The van der Waals surface area contributed by atoms with Gasteiger partial charge in [0.1, 0.15) is 6.33 Å². The second kappa shape index (κ2) is 6.39. The predicted octanol–water partition coefficient (Wildman–Crippen LogP) is 2.77. The van der Waals surface area contributed by atoms with Crippen LogP contribution in [0.3, 0.4) is 0 Å². The zero-order valence-corrected chi connectivity index (χ0v) is 12.9. The number of allylic oxidation sites excluding steroid dienone is 4. The van der Waals surface area contributed by atoms with Gasteiger partial charge < -0.3 is 4.90 Å². The van der Waals surface area contributed by atoms with Crippen LogP contribution in [0, 0.1) is 0 Å². The van der Waals surface area contributed by atoms with E-state index in [9.17, 15) is 13.6 Å². The molecule has 1 saturated heterocycles. The van der Waals surface area contributed by atoms with E-state index in [1.54, 1.807) is 12.2 Å². The van der Waals surface area contributed by atoms with Crippen molar-refractivity contribution in [1.82, 2.24) is 19.7 Å². The zero-order chi connectivity index (χ0) is 16.3. The molecular formula is C14H15ClF2N4O. The molecule has 0 saturated carbocycles. The Kier molecular flexibility index (Phi) is 4.75. The standard InChI is InChI=1S/C14H15ClF2N4O/c1-3-11(15)6-10(2)13-18-9-21(19-13)5-4-12(22)20-7-14(16,17)8-20/h3-6,9H,7-8H2,1-2H3/b5-4-,10-6+,11-3+. The lowest BCUT2D eigenvalue weighted by molar-refractivity contribution is -0.160. The topological polar surface area (TPSA) is 51.0 Å². The van der Waals surface area contributed by atoms with Gasteiger partial charge in [-0.15, -0.1) is 5.10 Å². The number of hydrogen-bond acceptors (Lipinski definition) is 3. The van der Waals surface area contributed by atoms with Gasteiger partial charge in [0, 0.05) is 17.3 Å². The quantitative estimate of drug-likeness (QED) is 0.631. The van der Waals surface area contributed by atoms with Crippen LogP contribution in [-0.4, -0.2) is 44.6 Å². The highest BCUT2D eigenvalue weighted by Gasteiger charge is 2.45. The lowest BCUT2D eigenvalue weighted by atomic mass is 10.1. The van der Waals surface area contributed by atoms with E-state index in [-0.39, 0.29) is 0 Å². The van der Waals surface area contributed by atoms with E-state index < -0.39 is 24.9 Å². The van der Waals surface area contributed by atoms with Crippen molar-refractivity contribution < 1.29 is 13.6 Å². The van der Waals surface area contributed by atoms with Crippen LogP contribution < -0.4 is 0 Å². The number of nitrogens with zero attached hydrogens (tertiary/aromatic N) is 4. The number of halogens is 3. The van der Waals surface area contributed by atoms with E-state index in [0.717, 1.165) is 10.5 Å². The van der Waals surface area contributed by atoms with Gasteiger partial charge in [0.2, 0.25) is 5.91 Å². The molecule has 0 aromatic carbocycles. The highest BCUT2D eigenvalue weighted by Crippen LogP contribution is 2.26. The molecule has 1 fully saturated rings. The highest BCUT2D eigenvalue weighted by molar-refractivity contribution is 6.31. The van der Waals surface area contributed by atoms with E-state index in [0.29, 0.717) is 10.9 Å². The van der Waals surface area contributed by atoms with Gasteiger partial charge in [-0.05, 0) is 25.5 Å². The highest BCUT2D eigenvalue weighted by atomic mass is 35.5. The van der Waals surface area contributed by atoms with Crippen molar-refractivity contribution in [1.29, 1.82) is 0 Å². The monoisotopic (exact) mass is 328 g/mol. The lowest BCUT2D eigenvalue weighted by Crippen LogP contribution is -2.58. The van der Waals surface area contributed by atoms with E-state index in [1.807, 2.05) is 13.8 Å². The summed E-state index contributed by atoms with van der Waals surface area (Å²) in [7, 11) is 0. The number of carbonyl (C=O) groups is 1. The van der Waals surface area contributed by atoms with Gasteiger partial charge in [-0.2, -0.15) is 0 Å². The maximum Gasteiger partial charge on any atom is 0.282 e. The van der Waals surface area contributed by atoms with Gasteiger partial charge in [0.05, 0.1) is 13.1 Å². The molecule has 1 amide bonds. The van der Waals surface area contributed by atoms with Crippen LogP contribution in [0.4, 0.5) is 8.78 Å². The molecule has 1 aromatic heterocycles. The Hall–Kier alpha value is -2.02. The number of aromatic nitrogens is 3. The summed E-state index contributed by atoms with van der Waals surface area (Å²) >= 11 is 5.90. The fourth-order valence-electron chi connectivity index (χ4n) is 1.80. The van der Waals surface area contributed by atoms with E-state index >= 15 is 0 Å². The molecule has 0 bridgehead atoms. The SMILES string of the molecule is C/C=C(Cl)\C=C(/C)c1ncn(/C=C\C(=O)N2CC(F)(F)C2)n1. The first-order valence-electron chi connectivity index (χ1n) is 6.57. The molecule has 0 aliphatic carbocycles. The fourth-order valence-corrected chi connectivity index (χ4v) is 1.96. The molecule has 0 radical (unpaired) electrons. The van der Waals surface area contributed by atoms with E-state index in [1.165, 1.54) is 23.3 Å². The molecule has 0 atom stereocenters. The number of alkyl halides is 2. The second-order valence-corrected chi connectivity index (χ2v) is 5.35. The van der Waals surface area contributed by atoms with Gasteiger partial charge >= 0.3 is 0 Å². The van der Waals surface area contributed by atoms with Gasteiger partial charge in [0.15, 0.2) is 5.82 Å². The Morgan fingerprint density at radius 2 is 2.14 bits per heavy atom. The van der Waals surface area contributed by atoms with Crippen molar-refractivity contribution in [2.45, 2.75) is 19.8 Å². The lowest BCUT2D eigenvalue weighted by Gasteiger charge is -2.37. The molecule has 8 heteroatoms. The summed E-state index contributed by atoms with van der Waals surface area (Å²) in [5.41, 5.74) is 0.768. The smallest absolute Gasteiger partial charge is 0.282 e. The number of likely N-dealkylation sites (tertiary alicyclic amines) is 1. The van der Waals surface area contributed by atoms with Crippen LogP contribution in [0.15, 0.2) is 29.6 Å². The third-order valence-corrected chi connectivity index (χ3v) is 3.34. The Bertz CT molecular complexity index is 656. The fraction of sp³-hybridized carbons (Fsp3) is 0.357. The van der Waals surface area contributed by atoms with Gasteiger partial charge in [0.25, 0.3) is 5.92 Å². The minimum absolute atomic E-state index is 0.465. The van der Waals surface area contributed by atoms with Gasteiger partial charge in [-0.3, -0.25) is 4.79 Å². The summed E-state index contributed by atoms with van der Waals surface area (Å²) in [6.45, 7) is 2.54. The Balaban J connectivity index is 1.99. The maximum absolute atomic E-state index is 12.7. The molecule has 0 unspecified atom stereocenters. The summed E-state index contributed by atoms with van der Waals surface area (Å²) in [6.07, 6.45) is 7.44. The minimum Gasteiger partial charge on any atom is -0.327 e. The molecule has 118 valence electrons. The first-order chi connectivity index (χ1) is 10.3. The molecular weight excluding hydrogens is 314 g/mol. The van der Waals surface area contributed by atoms with Crippen molar-refractivity contribution in [2.75, 3.05) is 13.1 Å². The van der Waals surface area contributed by atoms with Crippen molar-refractivity contribution >= 4 is 29.3 Å². The van der Waals surface area contributed by atoms with Crippen LogP contribution in [0.5, 0.6) is 0 Å². The van der Waals surface area contributed by atoms with Crippen LogP contribution in [-0.2, 0) is 4.79 Å². The van der Waals surface area contributed by atoms with Crippen molar-refractivity contribution in [3.63, 3.8) is 0 Å². The first-order valence-corrected chi connectivity index (χ1v) is 6.95. The molecule has 2 heterocycles. The zero-order valence-electron chi connectivity index (χ0n) is 12.1. The van der Waals surface area contributed by atoms with Crippen LogP contribution in [0.1, 0.15) is 19.7 Å². The second-order valence-electron chi connectivity index (χ2n) is 4.92. The molecule has 0 spiro atoms. The molecule has 2 rings (SSSR count). The number of carbonyl (C=O) groups excluding carboxylic acids is 1. The average molecular weight is 329 g/mol. The third kappa shape index (κ3) is 4.00. The third-order valence-electron chi connectivity index (χ3n) is 3.02. The maximum atomic E-state index is 12.7. The predicted molar refractivity (Wildman–Crippen MR) is 80.1 cm³/mol. The average Bonchev–Trinajstić information content (AvgIpc) is 2.90. The molecule has 1 aliphatic rings. The van der Waals surface area contributed by atoms with Crippen LogP contribution >= 0.6 is 11.6 Å². The summed E-state index contributed by atoms with van der Waals surface area (Å²) in [6, 6.07) is 0. The largest absolute Gasteiger partial charge is 0.327 e. The van der Waals surface area contributed by atoms with Crippen LogP contribution in [0.25, 0.3) is 11.8 Å². The Morgan fingerprint density at radius 3 is 2.73 bits per heavy atom.